The van der Waals surface area contributed by atoms with Crippen molar-refractivity contribution in [2.24, 2.45) is 0 Å². The van der Waals surface area contributed by atoms with Crippen molar-refractivity contribution < 1.29 is 13.9 Å². The minimum absolute atomic E-state index is 0.0460. The molecular weight excluding hydrogens is 366 g/mol. The van der Waals surface area contributed by atoms with Gasteiger partial charge in [0, 0.05) is 17.1 Å². The maximum atomic E-state index is 12.9. The van der Waals surface area contributed by atoms with E-state index in [0.717, 1.165) is 5.56 Å². The van der Waals surface area contributed by atoms with Crippen LogP contribution in [-0.2, 0) is 4.79 Å². The lowest BCUT2D eigenvalue weighted by Gasteiger charge is -2.11. The molecule has 140 valence electrons. The summed E-state index contributed by atoms with van der Waals surface area (Å²) in [7, 11) is 0. The number of rotatable bonds is 5. The fourth-order valence-corrected chi connectivity index (χ4v) is 2.96. The van der Waals surface area contributed by atoms with Gasteiger partial charge in [0.1, 0.15) is 17.1 Å². The highest BCUT2D eigenvalue weighted by atomic mass is 35.5. The molecule has 1 aromatic heterocycles. The molecule has 3 aromatic rings. The van der Waals surface area contributed by atoms with E-state index < -0.39 is 0 Å². The molecule has 2 aromatic carbocycles. The minimum Gasteiger partial charge on any atom is -0.484 e. The van der Waals surface area contributed by atoms with E-state index in [1.807, 2.05) is 13.8 Å². The van der Waals surface area contributed by atoms with E-state index in [-0.39, 0.29) is 24.0 Å². The fraction of sp³-hybridized carbons (Fsp3) is 0.238. The summed E-state index contributed by atoms with van der Waals surface area (Å²) in [5.74, 6) is 0.758. The van der Waals surface area contributed by atoms with Crippen molar-refractivity contribution in [1.82, 2.24) is 5.32 Å². The van der Waals surface area contributed by atoms with E-state index in [2.05, 4.69) is 5.32 Å². The standard InChI is InChI=1S/C21H20ClNO4/c1-12(2)23-19(24)11-26-16-8-9-17-18(10-16)27-13(3)20(21(17)25)14-4-6-15(22)7-5-14/h4-10,12H,11H2,1-3H3,(H,23,24). The first-order chi connectivity index (χ1) is 12.8. The van der Waals surface area contributed by atoms with Crippen LogP contribution in [0, 0.1) is 6.92 Å². The van der Waals surface area contributed by atoms with Crippen LogP contribution >= 0.6 is 11.6 Å². The number of hydrogen-bond donors (Lipinski definition) is 1. The summed E-state index contributed by atoms with van der Waals surface area (Å²) in [4.78, 5) is 24.6. The van der Waals surface area contributed by atoms with Crippen LogP contribution in [-0.4, -0.2) is 18.6 Å². The monoisotopic (exact) mass is 385 g/mol. The van der Waals surface area contributed by atoms with Crippen molar-refractivity contribution in [2.45, 2.75) is 26.8 Å². The Morgan fingerprint density at radius 1 is 1.19 bits per heavy atom. The average Bonchev–Trinajstić information content (AvgIpc) is 2.60. The quantitative estimate of drug-likeness (QED) is 0.710. The minimum atomic E-state index is -0.208. The lowest BCUT2D eigenvalue weighted by molar-refractivity contribution is -0.123. The molecule has 6 heteroatoms. The summed E-state index contributed by atoms with van der Waals surface area (Å²) in [6.07, 6.45) is 0. The molecule has 0 atom stereocenters. The third kappa shape index (κ3) is 4.31. The molecule has 1 N–H and O–H groups in total. The SMILES string of the molecule is Cc1oc2cc(OCC(=O)NC(C)C)ccc2c(=O)c1-c1ccc(Cl)cc1. The average molecular weight is 386 g/mol. The van der Waals surface area contributed by atoms with Gasteiger partial charge in [-0.05, 0) is 50.6 Å². The zero-order chi connectivity index (χ0) is 19.6. The molecule has 5 nitrogen and oxygen atoms in total. The first-order valence-electron chi connectivity index (χ1n) is 8.60. The van der Waals surface area contributed by atoms with Crippen LogP contribution in [0.2, 0.25) is 5.02 Å². The Hall–Kier alpha value is -2.79. The Bertz CT molecular complexity index is 1040. The first-order valence-corrected chi connectivity index (χ1v) is 8.98. The number of amides is 1. The number of fused-ring (bicyclic) bond motifs is 1. The lowest BCUT2D eigenvalue weighted by atomic mass is 10.0. The van der Waals surface area contributed by atoms with Gasteiger partial charge in [-0.2, -0.15) is 0 Å². The van der Waals surface area contributed by atoms with Crippen LogP contribution in [0.3, 0.4) is 0 Å². The molecule has 0 spiro atoms. The number of carbonyl (C=O) groups is 1. The smallest absolute Gasteiger partial charge is 0.258 e. The molecule has 0 aliphatic carbocycles. The van der Waals surface area contributed by atoms with E-state index in [1.165, 1.54) is 0 Å². The number of benzene rings is 2. The molecule has 1 amide bonds. The second-order valence-electron chi connectivity index (χ2n) is 6.54. The summed E-state index contributed by atoms with van der Waals surface area (Å²) >= 11 is 5.93. The van der Waals surface area contributed by atoms with E-state index in [1.54, 1.807) is 49.4 Å². The topological polar surface area (TPSA) is 68.5 Å². The zero-order valence-electron chi connectivity index (χ0n) is 15.3. The van der Waals surface area contributed by atoms with Gasteiger partial charge in [0.15, 0.2) is 6.61 Å². The van der Waals surface area contributed by atoms with Gasteiger partial charge in [0.25, 0.3) is 5.91 Å². The highest BCUT2D eigenvalue weighted by Crippen LogP contribution is 2.27. The van der Waals surface area contributed by atoms with Gasteiger partial charge in [-0.25, -0.2) is 0 Å². The highest BCUT2D eigenvalue weighted by molar-refractivity contribution is 6.30. The lowest BCUT2D eigenvalue weighted by Crippen LogP contribution is -2.34. The first kappa shape index (κ1) is 19.0. The van der Waals surface area contributed by atoms with Gasteiger partial charge in [-0.15, -0.1) is 0 Å². The summed E-state index contributed by atoms with van der Waals surface area (Å²) in [5.41, 5.74) is 1.54. The Labute approximate surface area is 161 Å². The molecule has 1 heterocycles. The number of carbonyl (C=O) groups excluding carboxylic acids is 1. The summed E-state index contributed by atoms with van der Waals surface area (Å²) < 4.78 is 11.4. The summed E-state index contributed by atoms with van der Waals surface area (Å²) in [6, 6.07) is 12.0. The molecule has 0 saturated heterocycles. The Kier molecular flexibility index (Phi) is 5.51. The largest absolute Gasteiger partial charge is 0.484 e. The van der Waals surface area contributed by atoms with Gasteiger partial charge in [-0.3, -0.25) is 9.59 Å². The molecule has 0 bridgehead atoms. The molecule has 0 radical (unpaired) electrons. The predicted molar refractivity (Wildman–Crippen MR) is 106 cm³/mol. The maximum Gasteiger partial charge on any atom is 0.258 e. The van der Waals surface area contributed by atoms with Gasteiger partial charge in [0.2, 0.25) is 5.43 Å². The number of ether oxygens (including phenoxy) is 1. The van der Waals surface area contributed by atoms with Gasteiger partial charge >= 0.3 is 0 Å². The second kappa shape index (κ2) is 7.84. The fourth-order valence-electron chi connectivity index (χ4n) is 2.84. The van der Waals surface area contributed by atoms with Crippen LogP contribution in [0.4, 0.5) is 0 Å². The number of nitrogens with one attached hydrogen (secondary N) is 1. The summed E-state index contributed by atoms with van der Waals surface area (Å²) in [6.45, 7) is 5.40. The Morgan fingerprint density at radius 3 is 2.56 bits per heavy atom. The van der Waals surface area contributed by atoms with E-state index in [9.17, 15) is 9.59 Å². The van der Waals surface area contributed by atoms with Crippen molar-refractivity contribution >= 4 is 28.5 Å². The molecule has 0 aliphatic rings. The molecule has 3 rings (SSSR count). The molecule has 0 fully saturated rings. The van der Waals surface area contributed by atoms with Crippen LogP contribution in [0.5, 0.6) is 5.75 Å². The van der Waals surface area contributed by atoms with Crippen molar-refractivity contribution in [3.8, 4) is 16.9 Å². The number of hydrogen-bond acceptors (Lipinski definition) is 4. The number of halogens is 1. The zero-order valence-corrected chi connectivity index (χ0v) is 16.1. The van der Waals surface area contributed by atoms with Gasteiger partial charge < -0.3 is 14.5 Å². The van der Waals surface area contributed by atoms with Crippen molar-refractivity contribution in [2.75, 3.05) is 6.61 Å². The summed E-state index contributed by atoms with van der Waals surface area (Å²) in [5, 5.41) is 3.80. The normalized spacial score (nSPS) is 11.0. The third-order valence-electron chi connectivity index (χ3n) is 3.99. The van der Waals surface area contributed by atoms with Crippen molar-refractivity contribution in [1.29, 1.82) is 0 Å². The molecule has 0 aliphatic heterocycles. The number of aryl methyl sites for hydroxylation is 1. The molecule has 0 saturated carbocycles. The maximum absolute atomic E-state index is 12.9. The van der Waals surface area contributed by atoms with Crippen LogP contribution in [0.15, 0.2) is 51.7 Å². The van der Waals surface area contributed by atoms with E-state index in [0.29, 0.717) is 33.1 Å². The van der Waals surface area contributed by atoms with Crippen molar-refractivity contribution in [3.63, 3.8) is 0 Å². The van der Waals surface area contributed by atoms with Crippen LogP contribution in [0.25, 0.3) is 22.1 Å². The Balaban J connectivity index is 1.93. The van der Waals surface area contributed by atoms with E-state index in [4.69, 9.17) is 20.8 Å². The molecule has 0 unspecified atom stereocenters. The van der Waals surface area contributed by atoms with Gasteiger partial charge in [-0.1, -0.05) is 23.7 Å². The predicted octanol–water partition coefficient (Wildman–Crippen LogP) is 4.33. The van der Waals surface area contributed by atoms with Crippen LogP contribution in [0.1, 0.15) is 19.6 Å². The molecular formula is C21H20ClNO4. The van der Waals surface area contributed by atoms with Crippen molar-refractivity contribution in [3.05, 3.63) is 63.5 Å². The Morgan fingerprint density at radius 2 is 1.89 bits per heavy atom. The highest BCUT2D eigenvalue weighted by Gasteiger charge is 2.14. The van der Waals surface area contributed by atoms with Gasteiger partial charge in [0.05, 0.1) is 10.9 Å². The van der Waals surface area contributed by atoms with E-state index >= 15 is 0 Å². The third-order valence-corrected chi connectivity index (χ3v) is 4.24. The van der Waals surface area contributed by atoms with Crippen LogP contribution < -0.4 is 15.5 Å². The second-order valence-corrected chi connectivity index (χ2v) is 6.97. The molecule has 27 heavy (non-hydrogen) atoms.